The second kappa shape index (κ2) is 6.18. The van der Waals surface area contributed by atoms with Crippen molar-refractivity contribution in [3.05, 3.63) is 35.4 Å². The van der Waals surface area contributed by atoms with Gasteiger partial charge in [0.25, 0.3) is 0 Å². The fourth-order valence-corrected chi connectivity index (χ4v) is 2.04. The molecule has 2 N–H and O–H groups in total. The highest BCUT2D eigenvalue weighted by molar-refractivity contribution is 5.77. The minimum atomic E-state index is -0.771. The van der Waals surface area contributed by atoms with Gasteiger partial charge in [-0.15, -0.1) is 0 Å². The Bertz CT molecular complexity index is 481. The van der Waals surface area contributed by atoms with Crippen molar-refractivity contribution >= 4 is 5.97 Å². The predicted octanol–water partition coefficient (Wildman–Crippen LogP) is 4.18. The number of rotatable bonds is 4. The van der Waals surface area contributed by atoms with E-state index in [1.165, 1.54) is 5.56 Å². The molecule has 1 atom stereocenters. The normalized spacial score (nSPS) is 14.1. The quantitative estimate of drug-likeness (QED) is 0.847. The second-order valence-corrected chi connectivity index (χ2v) is 7.52. The van der Waals surface area contributed by atoms with E-state index >= 15 is 0 Å². The molecule has 1 aromatic rings. The van der Waals surface area contributed by atoms with Crippen LogP contribution in [0.5, 0.6) is 0 Å². The highest BCUT2D eigenvalue weighted by Gasteiger charge is 2.38. The fraction of sp³-hybridized carbons (Fsp3) is 0.611. The van der Waals surface area contributed by atoms with Gasteiger partial charge in [-0.3, -0.25) is 4.79 Å². The van der Waals surface area contributed by atoms with Gasteiger partial charge in [0, 0.05) is 6.04 Å². The van der Waals surface area contributed by atoms with Crippen molar-refractivity contribution in [3.63, 3.8) is 0 Å². The van der Waals surface area contributed by atoms with E-state index < -0.39 is 17.1 Å². The third-order valence-electron chi connectivity index (χ3n) is 3.66. The predicted molar refractivity (Wildman–Crippen MR) is 87.1 cm³/mol. The summed E-state index contributed by atoms with van der Waals surface area (Å²) in [5.74, 6) is 0.213. The molecule has 0 aliphatic rings. The van der Waals surface area contributed by atoms with Crippen molar-refractivity contribution < 1.29 is 9.53 Å². The Hall–Kier alpha value is -1.35. The van der Waals surface area contributed by atoms with Gasteiger partial charge < -0.3 is 10.5 Å². The summed E-state index contributed by atoms with van der Waals surface area (Å²) < 4.78 is 5.49. The minimum absolute atomic E-state index is 0.268. The molecular weight excluding hydrogens is 262 g/mol. The van der Waals surface area contributed by atoms with E-state index in [4.69, 9.17) is 10.5 Å². The van der Waals surface area contributed by atoms with Crippen LogP contribution in [0.25, 0.3) is 0 Å². The number of benzene rings is 1. The lowest BCUT2D eigenvalue weighted by Crippen LogP contribution is -2.41. The van der Waals surface area contributed by atoms with Crippen LogP contribution in [0.15, 0.2) is 24.3 Å². The summed E-state index contributed by atoms with van der Waals surface area (Å²) in [4.78, 5) is 12.4. The highest BCUT2D eigenvalue weighted by Crippen LogP contribution is 2.34. The zero-order chi connectivity index (χ0) is 16.4. The van der Waals surface area contributed by atoms with Crippen molar-refractivity contribution in [2.75, 3.05) is 0 Å². The molecule has 0 fully saturated rings. The highest BCUT2D eigenvalue weighted by atomic mass is 16.6. The number of carbonyl (C=O) groups excluding carboxylic acids is 1. The number of hydrogen-bond acceptors (Lipinski definition) is 3. The monoisotopic (exact) mass is 291 g/mol. The van der Waals surface area contributed by atoms with Crippen molar-refractivity contribution in [3.8, 4) is 0 Å². The molecule has 0 radical (unpaired) electrons. The maximum atomic E-state index is 12.4. The van der Waals surface area contributed by atoms with Crippen molar-refractivity contribution in [1.82, 2.24) is 0 Å². The summed E-state index contributed by atoms with van der Waals surface area (Å²) in [7, 11) is 0. The summed E-state index contributed by atoms with van der Waals surface area (Å²) >= 11 is 0. The molecule has 21 heavy (non-hydrogen) atoms. The fourth-order valence-electron chi connectivity index (χ4n) is 2.04. The summed E-state index contributed by atoms with van der Waals surface area (Å²) in [6.07, 6.45) is 0. The first-order chi connectivity index (χ1) is 9.45. The van der Waals surface area contributed by atoms with Gasteiger partial charge in [-0.1, -0.05) is 38.1 Å². The molecule has 3 nitrogen and oxygen atoms in total. The van der Waals surface area contributed by atoms with Gasteiger partial charge in [-0.2, -0.15) is 0 Å². The van der Waals surface area contributed by atoms with Crippen LogP contribution in [0.2, 0.25) is 0 Å². The van der Waals surface area contributed by atoms with E-state index in [0.29, 0.717) is 5.92 Å². The van der Waals surface area contributed by atoms with Crippen molar-refractivity contribution in [1.29, 1.82) is 0 Å². The first-order valence-electron chi connectivity index (χ1n) is 7.54. The Balaban J connectivity index is 2.94. The molecule has 0 aromatic heterocycles. The lowest BCUT2D eigenvalue weighted by atomic mass is 9.80. The van der Waals surface area contributed by atoms with E-state index in [-0.39, 0.29) is 5.97 Å². The Morgan fingerprint density at radius 2 is 1.43 bits per heavy atom. The molecule has 0 aliphatic heterocycles. The van der Waals surface area contributed by atoms with E-state index in [1.54, 1.807) is 0 Å². The van der Waals surface area contributed by atoms with Crippen LogP contribution in [0.4, 0.5) is 0 Å². The van der Waals surface area contributed by atoms with Crippen LogP contribution >= 0.6 is 0 Å². The van der Waals surface area contributed by atoms with Gasteiger partial charge in [-0.25, -0.2) is 0 Å². The van der Waals surface area contributed by atoms with E-state index in [1.807, 2.05) is 46.8 Å². The number of ether oxygens (including phenoxy) is 1. The summed E-state index contributed by atoms with van der Waals surface area (Å²) in [5.41, 5.74) is 7.26. The van der Waals surface area contributed by atoms with Crippen LogP contribution in [-0.4, -0.2) is 11.6 Å². The Kier molecular flexibility index (Phi) is 5.21. The van der Waals surface area contributed by atoms with Crippen LogP contribution in [-0.2, 0) is 9.53 Å². The molecular formula is C18H29NO2. The molecule has 0 aliphatic carbocycles. The molecule has 1 aromatic carbocycles. The number of nitrogens with two attached hydrogens (primary N) is 1. The molecule has 0 saturated carbocycles. The molecule has 1 rings (SSSR count). The van der Waals surface area contributed by atoms with Crippen molar-refractivity contribution in [2.45, 2.75) is 66.0 Å². The Morgan fingerprint density at radius 3 is 1.81 bits per heavy atom. The lowest BCUT2D eigenvalue weighted by molar-refractivity contribution is -0.167. The third kappa shape index (κ3) is 4.57. The largest absolute Gasteiger partial charge is 0.460 e. The first-order valence-corrected chi connectivity index (χ1v) is 7.54. The van der Waals surface area contributed by atoms with Gasteiger partial charge >= 0.3 is 5.97 Å². The van der Waals surface area contributed by atoms with Crippen LogP contribution in [0.3, 0.4) is 0 Å². The standard InChI is InChI=1S/C18H29NO2/c1-12(2)13-8-10-14(11-9-13)15(19)18(6,7)16(20)21-17(3,4)5/h8-12,15H,19H2,1-7H3/t15-/m0/s1. The Morgan fingerprint density at radius 1 is 1.00 bits per heavy atom. The minimum Gasteiger partial charge on any atom is -0.460 e. The second-order valence-electron chi connectivity index (χ2n) is 7.52. The number of esters is 1. The van der Waals surface area contributed by atoms with Crippen LogP contribution < -0.4 is 5.73 Å². The smallest absolute Gasteiger partial charge is 0.313 e. The van der Waals surface area contributed by atoms with E-state index in [9.17, 15) is 4.79 Å². The van der Waals surface area contributed by atoms with Crippen LogP contribution in [0, 0.1) is 5.41 Å². The van der Waals surface area contributed by atoms with Gasteiger partial charge in [-0.05, 0) is 51.7 Å². The lowest BCUT2D eigenvalue weighted by Gasteiger charge is -2.33. The zero-order valence-corrected chi connectivity index (χ0v) is 14.4. The van der Waals surface area contributed by atoms with E-state index in [2.05, 4.69) is 26.0 Å². The molecule has 0 saturated heterocycles. The molecule has 118 valence electrons. The topological polar surface area (TPSA) is 52.3 Å². The summed E-state index contributed by atoms with van der Waals surface area (Å²) in [6, 6.07) is 7.77. The SMILES string of the molecule is CC(C)c1ccc([C@H](N)C(C)(C)C(=O)OC(C)(C)C)cc1. The molecule has 0 spiro atoms. The molecule has 0 bridgehead atoms. The van der Waals surface area contributed by atoms with Crippen LogP contribution in [0.1, 0.15) is 71.6 Å². The zero-order valence-electron chi connectivity index (χ0n) is 14.4. The molecule has 3 heteroatoms. The van der Waals surface area contributed by atoms with Gasteiger partial charge in [0.05, 0.1) is 5.41 Å². The summed E-state index contributed by atoms with van der Waals surface area (Å²) in [5, 5.41) is 0. The van der Waals surface area contributed by atoms with E-state index in [0.717, 1.165) is 5.56 Å². The average molecular weight is 291 g/mol. The first kappa shape index (κ1) is 17.7. The van der Waals surface area contributed by atoms with Gasteiger partial charge in [0.1, 0.15) is 5.60 Å². The number of hydrogen-bond donors (Lipinski definition) is 1. The van der Waals surface area contributed by atoms with Gasteiger partial charge in [0.2, 0.25) is 0 Å². The number of carbonyl (C=O) groups is 1. The van der Waals surface area contributed by atoms with Crippen molar-refractivity contribution in [2.24, 2.45) is 11.1 Å². The summed E-state index contributed by atoms with van der Waals surface area (Å²) in [6.45, 7) is 13.6. The molecule has 0 heterocycles. The van der Waals surface area contributed by atoms with Gasteiger partial charge in [0.15, 0.2) is 0 Å². The molecule has 0 unspecified atom stereocenters. The average Bonchev–Trinajstić information content (AvgIpc) is 2.35. The Labute approximate surface area is 128 Å². The maximum absolute atomic E-state index is 12.4. The molecule has 0 amide bonds. The third-order valence-corrected chi connectivity index (χ3v) is 3.66. The maximum Gasteiger partial charge on any atom is 0.313 e.